The van der Waals surface area contributed by atoms with Gasteiger partial charge in [-0.25, -0.2) is 0 Å². The average molecular weight is 354 g/mol. The second-order valence-corrected chi connectivity index (χ2v) is 9.11. The zero-order chi connectivity index (χ0) is 18.5. The van der Waals surface area contributed by atoms with Gasteiger partial charge in [-0.05, 0) is 79.8 Å². The summed E-state index contributed by atoms with van der Waals surface area (Å²) < 4.78 is 5.55. The van der Waals surface area contributed by atoms with Gasteiger partial charge in [-0.1, -0.05) is 24.6 Å². The van der Waals surface area contributed by atoms with Gasteiger partial charge in [-0.2, -0.15) is 0 Å². The third-order valence-electron chi connectivity index (χ3n) is 8.18. The van der Waals surface area contributed by atoms with Crippen LogP contribution in [-0.2, 0) is 14.3 Å². The van der Waals surface area contributed by atoms with Gasteiger partial charge in [-0.15, -0.1) is 6.58 Å². The minimum Gasteiger partial charge on any atom is -0.465 e. The molecule has 0 N–H and O–H groups in total. The Morgan fingerprint density at radius 3 is 2.85 bits per heavy atom. The van der Waals surface area contributed by atoms with E-state index in [0.29, 0.717) is 35.7 Å². The fourth-order valence-corrected chi connectivity index (χ4v) is 6.91. The summed E-state index contributed by atoms with van der Waals surface area (Å²) in [6.45, 7) is 8.43. The Labute approximate surface area is 156 Å². The molecular formula is C23H30O3. The molecule has 0 spiro atoms. The van der Waals surface area contributed by atoms with Crippen LogP contribution in [0.5, 0.6) is 0 Å². The van der Waals surface area contributed by atoms with Gasteiger partial charge in [0, 0.05) is 12.3 Å². The van der Waals surface area contributed by atoms with Gasteiger partial charge in [0.1, 0.15) is 6.61 Å². The van der Waals surface area contributed by atoms with Gasteiger partial charge in [-0.3, -0.25) is 9.59 Å². The fourth-order valence-electron chi connectivity index (χ4n) is 6.91. The third kappa shape index (κ3) is 2.46. The molecule has 0 saturated heterocycles. The molecule has 0 aromatic rings. The normalized spacial score (nSPS) is 43.8. The standard InChI is InChI=1S/C23H30O3/c1-4-16-6-8-20-19-7-5-17-13-18(25)9-12-23(17,14-26-15(2)24)21(19)10-11-22(16,20)3/h4,9,12-13,16,19-21H,1,5-8,10-11,14H2,2-3H3/t16-,19-,20+,21+,22-,23-/m1/s1. The van der Waals surface area contributed by atoms with Gasteiger partial charge in [0.05, 0.1) is 0 Å². The van der Waals surface area contributed by atoms with Crippen LogP contribution in [0.15, 0.2) is 36.5 Å². The second-order valence-electron chi connectivity index (χ2n) is 9.11. The van der Waals surface area contributed by atoms with Crippen molar-refractivity contribution in [3.63, 3.8) is 0 Å². The van der Waals surface area contributed by atoms with Crippen molar-refractivity contribution < 1.29 is 14.3 Å². The molecule has 4 aliphatic rings. The van der Waals surface area contributed by atoms with E-state index in [-0.39, 0.29) is 17.2 Å². The van der Waals surface area contributed by atoms with Crippen LogP contribution in [0.3, 0.4) is 0 Å². The number of carbonyl (C=O) groups is 2. The molecular weight excluding hydrogens is 324 g/mol. The lowest BCUT2D eigenvalue weighted by Gasteiger charge is -2.57. The smallest absolute Gasteiger partial charge is 0.302 e. The van der Waals surface area contributed by atoms with E-state index in [9.17, 15) is 9.59 Å². The average Bonchev–Trinajstić information content (AvgIpc) is 2.96. The van der Waals surface area contributed by atoms with Crippen LogP contribution in [0, 0.1) is 34.5 Å². The molecule has 3 nitrogen and oxygen atoms in total. The summed E-state index contributed by atoms with van der Waals surface area (Å²) in [7, 11) is 0. The quantitative estimate of drug-likeness (QED) is 0.548. The SMILES string of the molecule is C=C[C@@H]1CC[C@H]2[C@H]3CCC4=CC(=O)C=C[C@]4(COC(C)=O)[C@H]3CC[C@]12C. The van der Waals surface area contributed by atoms with E-state index < -0.39 is 0 Å². The van der Waals surface area contributed by atoms with Crippen LogP contribution in [0.25, 0.3) is 0 Å². The first-order valence-corrected chi connectivity index (χ1v) is 10.1. The molecule has 3 heteroatoms. The molecule has 3 saturated carbocycles. The van der Waals surface area contributed by atoms with Gasteiger partial charge in [0.15, 0.2) is 5.78 Å². The summed E-state index contributed by atoms with van der Waals surface area (Å²) >= 11 is 0. The summed E-state index contributed by atoms with van der Waals surface area (Å²) in [6, 6.07) is 0. The van der Waals surface area contributed by atoms with Crippen molar-refractivity contribution in [2.45, 2.75) is 52.4 Å². The highest BCUT2D eigenvalue weighted by Crippen LogP contribution is 2.66. The summed E-state index contributed by atoms with van der Waals surface area (Å²) in [5, 5.41) is 0. The summed E-state index contributed by atoms with van der Waals surface area (Å²) in [5.41, 5.74) is 1.28. The largest absolute Gasteiger partial charge is 0.465 e. The van der Waals surface area contributed by atoms with Gasteiger partial charge < -0.3 is 4.74 Å². The van der Waals surface area contributed by atoms with Crippen LogP contribution < -0.4 is 0 Å². The predicted octanol–water partition coefficient (Wildman–Crippen LogP) is 4.64. The van der Waals surface area contributed by atoms with Crippen LogP contribution in [0.2, 0.25) is 0 Å². The Morgan fingerprint density at radius 2 is 2.12 bits per heavy atom. The molecule has 6 atom stereocenters. The zero-order valence-electron chi connectivity index (χ0n) is 16.0. The van der Waals surface area contributed by atoms with E-state index in [1.165, 1.54) is 31.8 Å². The molecule has 0 aliphatic heterocycles. The molecule has 3 fully saturated rings. The van der Waals surface area contributed by atoms with Crippen molar-refractivity contribution in [3.8, 4) is 0 Å². The number of ether oxygens (including phenoxy) is 1. The number of esters is 1. The van der Waals surface area contributed by atoms with Crippen molar-refractivity contribution in [1.29, 1.82) is 0 Å². The van der Waals surface area contributed by atoms with E-state index in [1.54, 1.807) is 6.08 Å². The first kappa shape index (κ1) is 17.8. The van der Waals surface area contributed by atoms with Gasteiger partial charge in [0.25, 0.3) is 0 Å². The molecule has 4 aliphatic carbocycles. The minimum absolute atomic E-state index is 0.0742. The first-order valence-electron chi connectivity index (χ1n) is 10.1. The number of hydrogen-bond acceptors (Lipinski definition) is 3. The molecule has 0 radical (unpaired) electrons. The molecule has 4 rings (SSSR count). The van der Waals surface area contributed by atoms with Crippen LogP contribution >= 0.6 is 0 Å². The molecule has 140 valence electrons. The Bertz CT molecular complexity index is 702. The summed E-state index contributed by atoms with van der Waals surface area (Å²) in [6.07, 6.45) is 14.7. The molecule has 0 unspecified atom stereocenters. The highest BCUT2D eigenvalue weighted by atomic mass is 16.5. The highest BCUT2D eigenvalue weighted by molar-refractivity contribution is 6.01. The van der Waals surface area contributed by atoms with E-state index in [0.717, 1.165) is 19.3 Å². The Morgan fingerprint density at radius 1 is 1.31 bits per heavy atom. The number of hydrogen-bond donors (Lipinski definition) is 0. The number of ketones is 1. The molecule has 0 amide bonds. The topological polar surface area (TPSA) is 43.4 Å². The number of fused-ring (bicyclic) bond motifs is 5. The second kappa shape index (κ2) is 6.21. The number of allylic oxidation sites excluding steroid dienone is 3. The zero-order valence-corrected chi connectivity index (χ0v) is 16.0. The van der Waals surface area contributed by atoms with Crippen molar-refractivity contribution in [3.05, 3.63) is 36.5 Å². The number of carbonyl (C=O) groups excluding carboxylic acids is 2. The van der Waals surface area contributed by atoms with Crippen LogP contribution in [0.4, 0.5) is 0 Å². The summed E-state index contributed by atoms with van der Waals surface area (Å²) in [5.74, 6) is 2.28. The Balaban J connectivity index is 1.70. The van der Waals surface area contributed by atoms with E-state index in [2.05, 4.69) is 25.7 Å². The van der Waals surface area contributed by atoms with E-state index in [4.69, 9.17) is 4.74 Å². The minimum atomic E-state index is -0.268. The van der Waals surface area contributed by atoms with Crippen molar-refractivity contribution in [2.75, 3.05) is 6.61 Å². The van der Waals surface area contributed by atoms with Crippen molar-refractivity contribution in [1.82, 2.24) is 0 Å². The number of rotatable bonds is 3. The Hall–Kier alpha value is -1.64. The lowest BCUT2D eigenvalue weighted by molar-refractivity contribution is -0.146. The maximum Gasteiger partial charge on any atom is 0.302 e. The van der Waals surface area contributed by atoms with Crippen LogP contribution in [-0.4, -0.2) is 18.4 Å². The lowest BCUT2D eigenvalue weighted by Crippen LogP contribution is -2.52. The van der Waals surface area contributed by atoms with Crippen molar-refractivity contribution >= 4 is 11.8 Å². The predicted molar refractivity (Wildman–Crippen MR) is 101 cm³/mol. The lowest BCUT2D eigenvalue weighted by atomic mass is 9.47. The molecule has 26 heavy (non-hydrogen) atoms. The van der Waals surface area contributed by atoms with E-state index >= 15 is 0 Å². The highest BCUT2D eigenvalue weighted by Gasteiger charge is 2.59. The fraction of sp³-hybridized carbons (Fsp3) is 0.652. The van der Waals surface area contributed by atoms with Gasteiger partial charge >= 0.3 is 5.97 Å². The van der Waals surface area contributed by atoms with Gasteiger partial charge in [0.2, 0.25) is 0 Å². The molecule has 0 bridgehead atoms. The molecule has 0 heterocycles. The monoisotopic (exact) mass is 354 g/mol. The van der Waals surface area contributed by atoms with E-state index in [1.807, 2.05) is 6.08 Å². The Kier molecular flexibility index (Phi) is 4.24. The maximum absolute atomic E-state index is 12.0. The van der Waals surface area contributed by atoms with Crippen molar-refractivity contribution in [2.24, 2.45) is 34.5 Å². The third-order valence-corrected chi connectivity index (χ3v) is 8.18. The molecule has 0 aromatic carbocycles. The van der Waals surface area contributed by atoms with Crippen LogP contribution in [0.1, 0.15) is 52.4 Å². The maximum atomic E-state index is 12.0. The molecule has 0 aromatic heterocycles. The summed E-state index contributed by atoms with van der Waals surface area (Å²) in [4.78, 5) is 23.5. The first-order chi connectivity index (χ1) is 12.4.